The summed E-state index contributed by atoms with van der Waals surface area (Å²) >= 11 is 6.09. The van der Waals surface area contributed by atoms with E-state index in [0.29, 0.717) is 10.6 Å². The highest BCUT2D eigenvalue weighted by molar-refractivity contribution is 6.31. The molecule has 2 unspecified atom stereocenters. The highest BCUT2D eigenvalue weighted by Crippen LogP contribution is 2.36. The number of aryl methyl sites for hydroxylation is 1. The molecule has 0 heterocycles. The summed E-state index contributed by atoms with van der Waals surface area (Å²) in [4.78, 5) is 0. The molecule has 0 amide bonds. The van der Waals surface area contributed by atoms with Crippen LogP contribution in [0.25, 0.3) is 0 Å². The molecule has 21 heavy (non-hydrogen) atoms. The van der Waals surface area contributed by atoms with Crippen LogP contribution in [0.1, 0.15) is 28.7 Å². The van der Waals surface area contributed by atoms with E-state index in [2.05, 4.69) is 0 Å². The third-order valence-electron chi connectivity index (χ3n) is 3.56. The van der Waals surface area contributed by atoms with Crippen molar-refractivity contribution in [3.8, 4) is 0 Å². The first kappa shape index (κ1) is 15.9. The Labute approximate surface area is 127 Å². The molecule has 0 saturated heterocycles. The van der Waals surface area contributed by atoms with E-state index < -0.39 is 23.7 Å². The number of aliphatic hydroxyl groups is 1. The second-order valence-electron chi connectivity index (χ2n) is 4.90. The van der Waals surface area contributed by atoms with Gasteiger partial charge in [-0.05, 0) is 30.2 Å². The zero-order chi connectivity index (χ0) is 15.6. The first-order valence-electron chi connectivity index (χ1n) is 6.54. The van der Waals surface area contributed by atoms with Crippen LogP contribution in [0.3, 0.4) is 0 Å². The van der Waals surface area contributed by atoms with E-state index >= 15 is 0 Å². The molecule has 5 heteroatoms. The van der Waals surface area contributed by atoms with Gasteiger partial charge in [0.2, 0.25) is 0 Å². The fraction of sp³-hybridized carbons (Fsp3) is 0.250. The summed E-state index contributed by atoms with van der Waals surface area (Å²) < 4.78 is 28.1. The minimum absolute atomic E-state index is 0.0116. The van der Waals surface area contributed by atoms with Gasteiger partial charge < -0.3 is 10.8 Å². The molecule has 3 N–H and O–H groups in total. The largest absolute Gasteiger partial charge is 0.388 e. The molecule has 0 aliphatic carbocycles. The fourth-order valence-electron chi connectivity index (χ4n) is 2.35. The number of hydrogen-bond acceptors (Lipinski definition) is 2. The van der Waals surface area contributed by atoms with E-state index in [9.17, 15) is 13.9 Å². The molecule has 0 aliphatic rings. The van der Waals surface area contributed by atoms with Crippen LogP contribution in [0, 0.1) is 18.6 Å². The molecule has 2 aromatic rings. The minimum Gasteiger partial charge on any atom is -0.388 e. The summed E-state index contributed by atoms with van der Waals surface area (Å²) in [5, 5.41) is 10.8. The number of nitrogens with two attached hydrogens (primary N) is 1. The predicted octanol–water partition coefficient (Wildman–Crippen LogP) is 3.70. The van der Waals surface area contributed by atoms with Gasteiger partial charge in [0.05, 0.1) is 11.7 Å². The second kappa shape index (κ2) is 6.52. The van der Waals surface area contributed by atoms with Gasteiger partial charge in [-0.15, -0.1) is 0 Å². The van der Waals surface area contributed by atoms with Crippen molar-refractivity contribution >= 4 is 11.6 Å². The van der Waals surface area contributed by atoms with Crippen molar-refractivity contribution in [2.75, 3.05) is 6.54 Å². The van der Waals surface area contributed by atoms with E-state index in [1.165, 1.54) is 13.0 Å². The van der Waals surface area contributed by atoms with Crippen LogP contribution in [-0.2, 0) is 0 Å². The van der Waals surface area contributed by atoms with Gasteiger partial charge in [0.25, 0.3) is 0 Å². The highest BCUT2D eigenvalue weighted by Gasteiger charge is 2.28. The Balaban J connectivity index is 2.49. The molecule has 0 bridgehead atoms. The summed E-state index contributed by atoms with van der Waals surface area (Å²) in [7, 11) is 0. The first-order chi connectivity index (χ1) is 9.97. The number of rotatable bonds is 4. The summed E-state index contributed by atoms with van der Waals surface area (Å²) in [6.45, 7) is 1.52. The predicted molar refractivity (Wildman–Crippen MR) is 79.3 cm³/mol. The quantitative estimate of drug-likeness (QED) is 0.904. The zero-order valence-electron chi connectivity index (χ0n) is 11.5. The van der Waals surface area contributed by atoms with E-state index in [1.807, 2.05) is 0 Å². The van der Waals surface area contributed by atoms with Crippen LogP contribution in [0.5, 0.6) is 0 Å². The third kappa shape index (κ3) is 3.07. The maximum Gasteiger partial charge on any atom is 0.134 e. The Kier molecular flexibility index (Phi) is 4.93. The lowest BCUT2D eigenvalue weighted by Crippen LogP contribution is -2.22. The lowest BCUT2D eigenvalue weighted by Gasteiger charge is -2.24. The summed E-state index contributed by atoms with van der Waals surface area (Å²) in [6.07, 6.45) is -1.41. The maximum absolute atomic E-state index is 14.2. The molecular formula is C16H16ClF2NO. The Morgan fingerprint density at radius 2 is 1.86 bits per heavy atom. The lowest BCUT2D eigenvalue weighted by atomic mass is 9.88. The van der Waals surface area contributed by atoms with Crippen LogP contribution in [-0.4, -0.2) is 11.7 Å². The first-order valence-corrected chi connectivity index (χ1v) is 6.92. The molecule has 0 saturated carbocycles. The van der Waals surface area contributed by atoms with Gasteiger partial charge in [-0.3, -0.25) is 0 Å². The standard InChI is InChI=1S/C16H16ClF2NO/c1-9-6-7-13(18)14(15(9)19)16(21)11(8-20)10-4-2-3-5-12(10)17/h2-7,11,16,21H,8,20H2,1H3. The molecule has 0 spiro atoms. The normalized spacial score (nSPS) is 14.0. The summed E-state index contributed by atoms with van der Waals surface area (Å²) in [6, 6.07) is 9.27. The SMILES string of the molecule is Cc1ccc(F)c(C(O)C(CN)c2ccccc2Cl)c1F. The Morgan fingerprint density at radius 3 is 2.48 bits per heavy atom. The van der Waals surface area contributed by atoms with Crippen molar-refractivity contribution in [3.05, 3.63) is 69.7 Å². The average Bonchev–Trinajstić information content (AvgIpc) is 2.46. The summed E-state index contributed by atoms with van der Waals surface area (Å²) in [5.41, 5.74) is 6.15. The molecular weight excluding hydrogens is 296 g/mol. The van der Waals surface area contributed by atoms with Crippen LogP contribution in [0.15, 0.2) is 36.4 Å². The van der Waals surface area contributed by atoms with Gasteiger partial charge in [0.15, 0.2) is 0 Å². The topological polar surface area (TPSA) is 46.2 Å². The summed E-state index contributed by atoms with van der Waals surface area (Å²) in [5.74, 6) is -2.24. The second-order valence-corrected chi connectivity index (χ2v) is 5.31. The van der Waals surface area contributed by atoms with Crippen LogP contribution in [0.2, 0.25) is 5.02 Å². The van der Waals surface area contributed by atoms with Gasteiger partial charge in [0.1, 0.15) is 11.6 Å². The van der Waals surface area contributed by atoms with Gasteiger partial charge >= 0.3 is 0 Å². The fourth-order valence-corrected chi connectivity index (χ4v) is 2.63. The maximum atomic E-state index is 14.2. The van der Waals surface area contributed by atoms with Gasteiger partial charge in [-0.25, -0.2) is 8.78 Å². The van der Waals surface area contributed by atoms with Crippen LogP contribution < -0.4 is 5.73 Å². The third-order valence-corrected chi connectivity index (χ3v) is 3.90. The van der Waals surface area contributed by atoms with E-state index in [0.717, 1.165) is 6.07 Å². The molecule has 112 valence electrons. The molecule has 0 fully saturated rings. The Bertz CT molecular complexity index is 648. The van der Waals surface area contributed by atoms with Gasteiger partial charge in [0, 0.05) is 17.5 Å². The van der Waals surface area contributed by atoms with Gasteiger partial charge in [-0.1, -0.05) is 35.9 Å². The monoisotopic (exact) mass is 311 g/mol. The van der Waals surface area contributed by atoms with E-state index in [4.69, 9.17) is 17.3 Å². The van der Waals surface area contributed by atoms with Crippen molar-refractivity contribution in [2.24, 2.45) is 5.73 Å². The average molecular weight is 312 g/mol. The van der Waals surface area contributed by atoms with Gasteiger partial charge in [-0.2, -0.15) is 0 Å². The number of benzene rings is 2. The molecule has 0 aliphatic heterocycles. The number of halogens is 3. The van der Waals surface area contributed by atoms with Crippen molar-refractivity contribution in [1.82, 2.24) is 0 Å². The van der Waals surface area contributed by atoms with E-state index in [1.54, 1.807) is 24.3 Å². The molecule has 0 aromatic heterocycles. The Hall–Kier alpha value is -1.49. The van der Waals surface area contributed by atoms with Crippen LogP contribution >= 0.6 is 11.6 Å². The van der Waals surface area contributed by atoms with Crippen molar-refractivity contribution in [2.45, 2.75) is 18.9 Å². The number of aliphatic hydroxyl groups excluding tert-OH is 1. The smallest absolute Gasteiger partial charge is 0.134 e. The minimum atomic E-state index is -1.41. The number of hydrogen-bond donors (Lipinski definition) is 2. The lowest BCUT2D eigenvalue weighted by molar-refractivity contribution is 0.138. The van der Waals surface area contributed by atoms with Crippen molar-refractivity contribution < 1.29 is 13.9 Å². The Morgan fingerprint density at radius 1 is 1.19 bits per heavy atom. The molecule has 2 atom stereocenters. The molecule has 2 aromatic carbocycles. The molecule has 2 nitrogen and oxygen atoms in total. The van der Waals surface area contributed by atoms with Crippen molar-refractivity contribution in [1.29, 1.82) is 0 Å². The van der Waals surface area contributed by atoms with E-state index in [-0.39, 0.29) is 17.7 Å². The zero-order valence-corrected chi connectivity index (χ0v) is 12.2. The molecule has 0 radical (unpaired) electrons. The molecule has 2 rings (SSSR count). The van der Waals surface area contributed by atoms with Crippen molar-refractivity contribution in [3.63, 3.8) is 0 Å². The highest BCUT2D eigenvalue weighted by atomic mass is 35.5. The van der Waals surface area contributed by atoms with Crippen LogP contribution in [0.4, 0.5) is 8.78 Å².